The number of amides is 1. The SMILES string of the molecule is CC(NC(=O)c1cscn1)c1ccc(-c2ccncc2)cc1. The van der Waals surface area contributed by atoms with Crippen LogP contribution in [0.1, 0.15) is 29.0 Å². The number of nitrogens with one attached hydrogen (secondary N) is 1. The van der Waals surface area contributed by atoms with E-state index in [2.05, 4.69) is 27.4 Å². The van der Waals surface area contributed by atoms with Gasteiger partial charge in [0.15, 0.2) is 0 Å². The van der Waals surface area contributed by atoms with Crippen LogP contribution in [0.5, 0.6) is 0 Å². The van der Waals surface area contributed by atoms with Crippen LogP contribution >= 0.6 is 11.3 Å². The van der Waals surface area contributed by atoms with Gasteiger partial charge in [-0.1, -0.05) is 24.3 Å². The Hall–Kier alpha value is -2.53. The van der Waals surface area contributed by atoms with Crippen LogP contribution in [0.15, 0.2) is 59.7 Å². The molecule has 0 saturated heterocycles. The molecule has 2 aromatic heterocycles. The van der Waals surface area contributed by atoms with Gasteiger partial charge in [0, 0.05) is 17.8 Å². The number of rotatable bonds is 4. The van der Waals surface area contributed by atoms with Crippen LogP contribution in [0.25, 0.3) is 11.1 Å². The molecule has 0 bridgehead atoms. The highest BCUT2D eigenvalue weighted by Gasteiger charge is 2.12. The summed E-state index contributed by atoms with van der Waals surface area (Å²) in [5.74, 6) is -0.146. The summed E-state index contributed by atoms with van der Waals surface area (Å²) in [5, 5.41) is 4.70. The lowest BCUT2D eigenvalue weighted by molar-refractivity contribution is 0.0935. The van der Waals surface area contributed by atoms with E-state index in [0.717, 1.165) is 16.7 Å². The molecule has 2 heterocycles. The minimum Gasteiger partial charge on any atom is -0.344 e. The highest BCUT2D eigenvalue weighted by Crippen LogP contribution is 2.21. The number of benzene rings is 1. The first-order valence-electron chi connectivity index (χ1n) is 6.93. The van der Waals surface area contributed by atoms with Gasteiger partial charge < -0.3 is 5.32 Å². The van der Waals surface area contributed by atoms with Crippen molar-refractivity contribution in [1.82, 2.24) is 15.3 Å². The Bertz CT molecular complexity index is 739. The van der Waals surface area contributed by atoms with Crippen LogP contribution in [0, 0.1) is 0 Å². The quantitative estimate of drug-likeness (QED) is 0.799. The molecule has 0 radical (unpaired) electrons. The fraction of sp³-hybridized carbons (Fsp3) is 0.118. The van der Waals surface area contributed by atoms with Gasteiger partial charge in [-0.25, -0.2) is 4.98 Å². The van der Waals surface area contributed by atoms with Crippen LogP contribution in [-0.4, -0.2) is 15.9 Å². The van der Waals surface area contributed by atoms with E-state index in [9.17, 15) is 4.79 Å². The first-order valence-corrected chi connectivity index (χ1v) is 7.88. The van der Waals surface area contributed by atoms with E-state index < -0.39 is 0 Å². The normalized spacial score (nSPS) is 11.9. The van der Waals surface area contributed by atoms with Gasteiger partial charge in [-0.05, 0) is 35.7 Å². The minimum atomic E-state index is -0.146. The topological polar surface area (TPSA) is 54.9 Å². The Morgan fingerprint density at radius 3 is 2.41 bits per heavy atom. The fourth-order valence-electron chi connectivity index (χ4n) is 2.19. The molecule has 4 nitrogen and oxygen atoms in total. The van der Waals surface area contributed by atoms with Gasteiger partial charge in [-0.3, -0.25) is 9.78 Å². The number of hydrogen-bond acceptors (Lipinski definition) is 4. The highest BCUT2D eigenvalue weighted by atomic mass is 32.1. The van der Waals surface area contributed by atoms with E-state index in [4.69, 9.17) is 0 Å². The van der Waals surface area contributed by atoms with Crippen molar-refractivity contribution in [3.63, 3.8) is 0 Å². The summed E-state index contributed by atoms with van der Waals surface area (Å²) in [4.78, 5) is 20.0. The number of aromatic nitrogens is 2. The van der Waals surface area contributed by atoms with Gasteiger partial charge in [-0.2, -0.15) is 0 Å². The van der Waals surface area contributed by atoms with Crippen molar-refractivity contribution in [3.05, 3.63) is 70.9 Å². The molecule has 22 heavy (non-hydrogen) atoms. The number of carbonyl (C=O) groups excluding carboxylic acids is 1. The second kappa shape index (κ2) is 6.49. The van der Waals surface area contributed by atoms with E-state index in [1.165, 1.54) is 11.3 Å². The average molecular weight is 309 g/mol. The Morgan fingerprint density at radius 1 is 1.09 bits per heavy atom. The summed E-state index contributed by atoms with van der Waals surface area (Å²) < 4.78 is 0. The number of nitrogens with zero attached hydrogens (tertiary/aromatic N) is 2. The Balaban J connectivity index is 1.71. The third-order valence-corrected chi connectivity index (χ3v) is 4.02. The van der Waals surface area contributed by atoms with E-state index >= 15 is 0 Å². The third kappa shape index (κ3) is 3.20. The first-order chi connectivity index (χ1) is 10.7. The number of pyridine rings is 1. The molecule has 1 atom stereocenters. The smallest absolute Gasteiger partial charge is 0.271 e. The standard InChI is InChI=1S/C17H15N3OS/c1-12(20-17(21)16-10-22-11-19-16)13-2-4-14(5-3-13)15-6-8-18-9-7-15/h2-12H,1H3,(H,20,21). The molecule has 0 aliphatic rings. The van der Waals surface area contributed by atoms with Crippen molar-refractivity contribution in [1.29, 1.82) is 0 Å². The zero-order valence-electron chi connectivity index (χ0n) is 12.1. The molecule has 1 unspecified atom stereocenters. The molecule has 3 aromatic rings. The number of carbonyl (C=O) groups is 1. The number of thiazole rings is 1. The van der Waals surface area contributed by atoms with Gasteiger partial charge in [-0.15, -0.1) is 11.3 Å². The summed E-state index contributed by atoms with van der Waals surface area (Å²) in [7, 11) is 0. The fourth-order valence-corrected chi connectivity index (χ4v) is 2.72. The predicted octanol–water partition coefficient (Wildman–Crippen LogP) is 3.70. The molecule has 0 fully saturated rings. The van der Waals surface area contributed by atoms with Gasteiger partial charge in [0.1, 0.15) is 5.69 Å². The van der Waals surface area contributed by atoms with Crippen molar-refractivity contribution >= 4 is 17.2 Å². The molecular formula is C17H15N3OS. The maximum atomic E-state index is 12.0. The zero-order valence-corrected chi connectivity index (χ0v) is 12.9. The highest BCUT2D eigenvalue weighted by molar-refractivity contribution is 7.07. The monoisotopic (exact) mass is 309 g/mol. The van der Waals surface area contributed by atoms with Gasteiger partial charge in [0.2, 0.25) is 0 Å². The Labute approximate surface area is 132 Å². The molecule has 3 rings (SSSR count). The van der Waals surface area contributed by atoms with Crippen LogP contribution in [0.2, 0.25) is 0 Å². The van der Waals surface area contributed by atoms with Crippen LogP contribution in [-0.2, 0) is 0 Å². The molecule has 110 valence electrons. The average Bonchev–Trinajstić information content (AvgIpc) is 3.10. The van der Waals surface area contributed by atoms with Crippen molar-refractivity contribution in [2.45, 2.75) is 13.0 Å². The zero-order chi connectivity index (χ0) is 15.4. The van der Waals surface area contributed by atoms with E-state index in [0.29, 0.717) is 5.69 Å². The van der Waals surface area contributed by atoms with Crippen molar-refractivity contribution in [3.8, 4) is 11.1 Å². The second-order valence-electron chi connectivity index (χ2n) is 4.93. The maximum absolute atomic E-state index is 12.0. The molecule has 1 N–H and O–H groups in total. The van der Waals surface area contributed by atoms with Crippen molar-refractivity contribution in [2.75, 3.05) is 0 Å². The predicted molar refractivity (Wildman–Crippen MR) is 87.7 cm³/mol. The second-order valence-corrected chi connectivity index (χ2v) is 5.65. The molecule has 0 aliphatic carbocycles. The van der Waals surface area contributed by atoms with E-state index in [-0.39, 0.29) is 11.9 Å². The third-order valence-electron chi connectivity index (χ3n) is 3.44. The van der Waals surface area contributed by atoms with Gasteiger partial charge in [0.25, 0.3) is 5.91 Å². The Morgan fingerprint density at radius 2 is 1.77 bits per heavy atom. The summed E-state index contributed by atoms with van der Waals surface area (Å²) >= 11 is 1.41. The van der Waals surface area contributed by atoms with Crippen molar-refractivity contribution in [2.24, 2.45) is 0 Å². The first kappa shape index (κ1) is 14.4. The summed E-state index contributed by atoms with van der Waals surface area (Å²) in [6, 6.07) is 12.0. The van der Waals surface area contributed by atoms with Crippen molar-refractivity contribution < 1.29 is 4.79 Å². The largest absolute Gasteiger partial charge is 0.344 e. The Kier molecular flexibility index (Phi) is 4.25. The summed E-state index contributed by atoms with van der Waals surface area (Å²) in [6.45, 7) is 1.96. The lowest BCUT2D eigenvalue weighted by atomic mass is 10.0. The molecule has 0 saturated carbocycles. The summed E-state index contributed by atoms with van der Waals surface area (Å²) in [6.07, 6.45) is 3.56. The van der Waals surface area contributed by atoms with E-state index in [1.54, 1.807) is 23.3 Å². The molecular weight excluding hydrogens is 294 g/mol. The minimum absolute atomic E-state index is 0.0688. The molecule has 0 aliphatic heterocycles. The van der Waals surface area contributed by atoms with Gasteiger partial charge >= 0.3 is 0 Å². The van der Waals surface area contributed by atoms with Crippen LogP contribution in [0.4, 0.5) is 0 Å². The van der Waals surface area contributed by atoms with Gasteiger partial charge in [0.05, 0.1) is 11.6 Å². The molecule has 5 heteroatoms. The van der Waals surface area contributed by atoms with Crippen LogP contribution < -0.4 is 5.32 Å². The maximum Gasteiger partial charge on any atom is 0.271 e. The lowest BCUT2D eigenvalue weighted by Gasteiger charge is -2.14. The molecule has 0 spiro atoms. The molecule has 1 amide bonds. The number of hydrogen-bond donors (Lipinski definition) is 1. The van der Waals surface area contributed by atoms with E-state index in [1.807, 2.05) is 31.2 Å². The lowest BCUT2D eigenvalue weighted by Crippen LogP contribution is -2.26. The molecule has 1 aromatic carbocycles. The summed E-state index contributed by atoms with van der Waals surface area (Å²) in [5.41, 5.74) is 5.43. The van der Waals surface area contributed by atoms with Crippen LogP contribution in [0.3, 0.4) is 0 Å².